The Kier molecular flexibility index (Phi) is 5.75. The largest absolute Gasteiger partial charge is 0.349 e. The molecule has 2 heterocycles. The Morgan fingerprint density at radius 3 is 2.88 bits per heavy atom. The van der Waals surface area contributed by atoms with E-state index in [9.17, 15) is 9.00 Å². The summed E-state index contributed by atoms with van der Waals surface area (Å²) in [5.41, 5.74) is 2.46. The standard InChI is InChI=1S/C19H27N3O3S/c1-5-26(24)14-8-6-7-13(9-14)20-18(23)15-10-16(11(2)3)21-19-17(15)12(4)22-25-19/h10-11,13-14H,5-9H2,1-4H3,(H,20,23)/t13-,14+,26+/m1/s1. The molecule has 3 atom stereocenters. The maximum Gasteiger partial charge on any atom is 0.259 e. The number of amides is 1. The average Bonchev–Trinajstić information content (AvgIpc) is 3.01. The third-order valence-electron chi connectivity index (χ3n) is 5.09. The molecule has 0 aromatic carbocycles. The zero-order valence-electron chi connectivity index (χ0n) is 15.9. The first kappa shape index (κ1) is 19.0. The van der Waals surface area contributed by atoms with Gasteiger partial charge in [-0.05, 0) is 38.2 Å². The first-order chi connectivity index (χ1) is 12.4. The molecule has 1 amide bonds. The molecule has 1 fully saturated rings. The summed E-state index contributed by atoms with van der Waals surface area (Å²) in [6.07, 6.45) is 3.68. The molecular weight excluding hydrogens is 350 g/mol. The molecule has 1 N–H and O–H groups in total. The number of nitrogens with zero attached hydrogens (tertiary/aromatic N) is 2. The minimum Gasteiger partial charge on any atom is -0.349 e. The monoisotopic (exact) mass is 377 g/mol. The lowest BCUT2D eigenvalue weighted by Crippen LogP contribution is -2.41. The number of rotatable bonds is 5. The van der Waals surface area contributed by atoms with Crippen molar-refractivity contribution in [2.45, 2.75) is 70.6 Å². The van der Waals surface area contributed by atoms with E-state index in [0.717, 1.165) is 31.4 Å². The summed E-state index contributed by atoms with van der Waals surface area (Å²) in [6, 6.07) is 1.90. The maximum absolute atomic E-state index is 13.0. The van der Waals surface area contributed by atoms with Crippen LogP contribution in [0.1, 0.15) is 74.1 Å². The Bertz CT molecular complexity index is 831. The summed E-state index contributed by atoms with van der Waals surface area (Å²) in [4.78, 5) is 17.5. The number of carbonyl (C=O) groups is 1. The van der Waals surface area contributed by atoms with Crippen molar-refractivity contribution in [2.75, 3.05) is 5.75 Å². The van der Waals surface area contributed by atoms with E-state index < -0.39 is 10.8 Å². The van der Waals surface area contributed by atoms with Crippen LogP contribution in [-0.2, 0) is 10.8 Å². The van der Waals surface area contributed by atoms with Crippen LogP contribution in [0, 0.1) is 6.92 Å². The zero-order valence-corrected chi connectivity index (χ0v) is 16.7. The second-order valence-electron chi connectivity index (χ2n) is 7.33. The molecule has 0 bridgehead atoms. The summed E-state index contributed by atoms with van der Waals surface area (Å²) in [5, 5.41) is 7.98. The second kappa shape index (κ2) is 7.86. The fraction of sp³-hybridized carbons (Fsp3) is 0.632. The zero-order chi connectivity index (χ0) is 18.8. The van der Waals surface area contributed by atoms with Gasteiger partial charge in [0.2, 0.25) is 0 Å². The molecule has 2 aromatic rings. The van der Waals surface area contributed by atoms with Crippen LogP contribution in [0.3, 0.4) is 0 Å². The van der Waals surface area contributed by atoms with Gasteiger partial charge in [-0.3, -0.25) is 9.00 Å². The minimum atomic E-state index is -0.809. The fourth-order valence-electron chi connectivity index (χ4n) is 3.60. The quantitative estimate of drug-likeness (QED) is 0.862. The van der Waals surface area contributed by atoms with Gasteiger partial charge >= 0.3 is 0 Å². The molecule has 0 aliphatic heterocycles. The number of hydrogen-bond acceptors (Lipinski definition) is 5. The van der Waals surface area contributed by atoms with Gasteiger partial charge in [0, 0.05) is 33.5 Å². The van der Waals surface area contributed by atoms with Gasteiger partial charge < -0.3 is 9.84 Å². The van der Waals surface area contributed by atoms with Crippen LogP contribution in [0.5, 0.6) is 0 Å². The predicted octanol–water partition coefficient (Wildman–Crippen LogP) is 3.46. The molecule has 7 heteroatoms. The first-order valence-corrected chi connectivity index (χ1v) is 10.7. The molecule has 3 rings (SSSR count). The van der Waals surface area contributed by atoms with Crippen LogP contribution in [0.25, 0.3) is 11.1 Å². The topological polar surface area (TPSA) is 85.1 Å². The normalized spacial score (nSPS) is 21.9. The van der Waals surface area contributed by atoms with E-state index in [-0.39, 0.29) is 23.1 Å². The smallest absolute Gasteiger partial charge is 0.259 e. The number of fused-ring (bicyclic) bond motifs is 1. The lowest BCUT2D eigenvalue weighted by atomic mass is 9.94. The van der Waals surface area contributed by atoms with Gasteiger partial charge in [0.25, 0.3) is 11.6 Å². The third kappa shape index (κ3) is 3.82. The summed E-state index contributed by atoms with van der Waals surface area (Å²) in [5.74, 6) is 0.731. The molecule has 1 aliphatic carbocycles. The number of carbonyl (C=O) groups excluding carboxylic acids is 1. The first-order valence-electron chi connectivity index (χ1n) is 9.35. The van der Waals surface area contributed by atoms with Crippen LogP contribution in [-0.4, -0.2) is 37.3 Å². The van der Waals surface area contributed by atoms with Crippen molar-refractivity contribution in [1.29, 1.82) is 0 Å². The van der Waals surface area contributed by atoms with E-state index in [1.807, 2.05) is 33.8 Å². The van der Waals surface area contributed by atoms with Gasteiger partial charge in [-0.1, -0.05) is 32.3 Å². The van der Waals surface area contributed by atoms with Gasteiger partial charge in [0.15, 0.2) is 0 Å². The van der Waals surface area contributed by atoms with Crippen molar-refractivity contribution < 1.29 is 13.5 Å². The molecule has 0 spiro atoms. The van der Waals surface area contributed by atoms with E-state index >= 15 is 0 Å². The van der Waals surface area contributed by atoms with Crippen molar-refractivity contribution in [3.05, 3.63) is 23.0 Å². The molecule has 2 aromatic heterocycles. The molecular formula is C19H27N3O3S. The van der Waals surface area contributed by atoms with Crippen LogP contribution >= 0.6 is 0 Å². The van der Waals surface area contributed by atoms with Crippen molar-refractivity contribution >= 4 is 27.8 Å². The Balaban J connectivity index is 1.85. The predicted molar refractivity (Wildman–Crippen MR) is 103 cm³/mol. The van der Waals surface area contributed by atoms with E-state index in [2.05, 4.69) is 15.5 Å². The van der Waals surface area contributed by atoms with Crippen molar-refractivity contribution in [2.24, 2.45) is 0 Å². The van der Waals surface area contributed by atoms with E-state index in [1.54, 1.807) is 0 Å². The van der Waals surface area contributed by atoms with Crippen LogP contribution < -0.4 is 5.32 Å². The van der Waals surface area contributed by atoms with E-state index in [4.69, 9.17) is 4.52 Å². The molecule has 0 radical (unpaired) electrons. The highest BCUT2D eigenvalue weighted by Gasteiger charge is 2.28. The van der Waals surface area contributed by atoms with Gasteiger partial charge in [-0.2, -0.15) is 0 Å². The maximum atomic E-state index is 13.0. The van der Waals surface area contributed by atoms with Crippen LogP contribution in [0.15, 0.2) is 10.6 Å². The lowest BCUT2D eigenvalue weighted by Gasteiger charge is -2.29. The molecule has 1 saturated carbocycles. The SMILES string of the molecule is CC[S@](=O)[C@H]1CCC[C@@H](NC(=O)c2cc(C(C)C)nc3onc(C)c23)C1. The molecule has 26 heavy (non-hydrogen) atoms. The van der Waals surface area contributed by atoms with Crippen molar-refractivity contribution in [1.82, 2.24) is 15.5 Å². The Morgan fingerprint density at radius 2 is 2.19 bits per heavy atom. The van der Waals surface area contributed by atoms with E-state index in [0.29, 0.717) is 28.1 Å². The number of hydrogen-bond donors (Lipinski definition) is 1. The number of aryl methyl sites for hydroxylation is 1. The van der Waals surface area contributed by atoms with Crippen LogP contribution in [0.4, 0.5) is 0 Å². The van der Waals surface area contributed by atoms with Crippen molar-refractivity contribution in [3.8, 4) is 0 Å². The summed E-state index contributed by atoms with van der Waals surface area (Å²) in [7, 11) is -0.809. The number of pyridine rings is 1. The molecule has 1 aliphatic rings. The fourth-order valence-corrected chi connectivity index (χ4v) is 4.95. The Hall–Kier alpha value is -1.76. The molecule has 0 saturated heterocycles. The Labute approximate surface area is 156 Å². The van der Waals surface area contributed by atoms with E-state index in [1.165, 1.54) is 0 Å². The highest BCUT2D eigenvalue weighted by molar-refractivity contribution is 7.85. The van der Waals surface area contributed by atoms with Crippen LogP contribution in [0.2, 0.25) is 0 Å². The summed E-state index contributed by atoms with van der Waals surface area (Å²) < 4.78 is 17.4. The number of nitrogens with one attached hydrogen (secondary N) is 1. The average molecular weight is 378 g/mol. The molecule has 0 unspecified atom stereocenters. The summed E-state index contributed by atoms with van der Waals surface area (Å²) >= 11 is 0. The third-order valence-corrected chi connectivity index (χ3v) is 6.83. The highest BCUT2D eigenvalue weighted by atomic mass is 32.2. The molecule has 142 valence electrons. The second-order valence-corrected chi connectivity index (χ2v) is 9.33. The van der Waals surface area contributed by atoms with Gasteiger partial charge in [-0.25, -0.2) is 4.98 Å². The summed E-state index contributed by atoms with van der Waals surface area (Å²) in [6.45, 7) is 7.84. The van der Waals surface area contributed by atoms with Gasteiger partial charge in [0.1, 0.15) is 0 Å². The molecule has 6 nitrogen and oxygen atoms in total. The minimum absolute atomic E-state index is 0.0580. The van der Waals surface area contributed by atoms with Gasteiger partial charge in [-0.15, -0.1) is 0 Å². The van der Waals surface area contributed by atoms with Crippen molar-refractivity contribution in [3.63, 3.8) is 0 Å². The van der Waals surface area contributed by atoms with Gasteiger partial charge in [0.05, 0.1) is 16.6 Å². The highest BCUT2D eigenvalue weighted by Crippen LogP contribution is 2.27. The Morgan fingerprint density at radius 1 is 1.42 bits per heavy atom. The lowest BCUT2D eigenvalue weighted by molar-refractivity contribution is 0.0929. The number of aromatic nitrogens is 2.